The Bertz CT molecular complexity index is 940. The predicted octanol–water partition coefficient (Wildman–Crippen LogP) is 3.27. The number of allylic oxidation sites excluding steroid dienone is 2. The van der Waals surface area contributed by atoms with Crippen molar-refractivity contribution in [2.45, 2.75) is 32.6 Å². The third-order valence-corrected chi connectivity index (χ3v) is 4.85. The van der Waals surface area contributed by atoms with Gasteiger partial charge in [0.05, 0.1) is 12.5 Å². The molecule has 1 aliphatic rings. The zero-order valence-electron chi connectivity index (χ0n) is 15.2. The first-order valence-corrected chi connectivity index (χ1v) is 8.85. The molecule has 0 bridgehead atoms. The van der Waals surface area contributed by atoms with E-state index in [0.29, 0.717) is 12.8 Å². The highest BCUT2D eigenvalue weighted by Crippen LogP contribution is 2.38. The fourth-order valence-electron chi connectivity index (χ4n) is 3.45. The molecule has 0 radical (unpaired) electrons. The van der Waals surface area contributed by atoms with E-state index in [9.17, 15) is 18.8 Å². The summed E-state index contributed by atoms with van der Waals surface area (Å²) in [7, 11) is 0. The minimum Gasteiger partial charge on any atom is -0.462 e. The Kier molecular flexibility index (Phi) is 5.39. The summed E-state index contributed by atoms with van der Waals surface area (Å²) in [6.45, 7) is 3.76. The molecule has 0 fully saturated rings. The van der Waals surface area contributed by atoms with Crippen LogP contribution in [0.3, 0.4) is 0 Å². The number of ether oxygens (including phenoxy) is 1. The van der Waals surface area contributed by atoms with Crippen LogP contribution in [0.15, 0.2) is 46.9 Å². The number of H-pyrrole nitrogens is 1. The third-order valence-electron chi connectivity index (χ3n) is 4.85. The van der Waals surface area contributed by atoms with Gasteiger partial charge in [0.1, 0.15) is 11.4 Å². The van der Waals surface area contributed by atoms with Crippen LogP contribution in [0.2, 0.25) is 0 Å². The van der Waals surface area contributed by atoms with Crippen LogP contribution >= 0.6 is 0 Å². The summed E-state index contributed by atoms with van der Waals surface area (Å²) >= 11 is 0. The number of nitrogens with one attached hydrogen (secondary N) is 1. The molecule has 0 saturated carbocycles. The first-order chi connectivity index (χ1) is 12.9. The van der Waals surface area contributed by atoms with E-state index in [1.165, 1.54) is 18.3 Å². The topological polar surface area (TPSA) is 81.2 Å². The summed E-state index contributed by atoms with van der Waals surface area (Å²) < 4.78 is 19.0. The van der Waals surface area contributed by atoms with Crippen molar-refractivity contribution in [3.63, 3.8) is 0 Å². The van der Waals surface area contributed by atoms with Gasteiger partial charge in [-0.15, -0.1) is 0 Å². The Balaban J connectivity index is 1.93. The lowest BCUT2D eigenvalue weighted by atomic mass is 9.75. The number of aromatic nitrogens is 2. The summed E-state index contributed by atoms with van der Waals surface area (Å²) in [6.07, 6.45) is 4.27. The number of carbonyl (C=O) groups excluding carboxylic acids is 2. The van der Waals surface area contributed by atoms with Crippen LogP contribution in [0.4, 0.5) is 4.39 Å². The van der Waals surface area contributed by atoms with Crippen LogP contribution in [0.5, 0.6) is 0 Å². The Labute approximate surface area is 155 Å². The van der Waals surface area contributed by atoms with Crippen LogP contribution < -0.4 is 5.56 Å². The maximum absolute atomic E-state index is 13.3. The monoisotopic (exact) mass is 372 g/mol. The first-order valence-electron chi connectivity index (χ1n) is 8.85. The Morgan fingerprint density at radius 3 is 2.67 bits per heavy atom. The lowest BCUT2D eigenvalue weighted by molar-refractivity contribution is 0.0525. The van der Waals surface area contributed by atoms with Gasteiger partial charge in [0.25, 0.3) is 11.5 Å². The molecular weight excluding hydrogens is 351 g/mol. The van der Waals surface area contributed by atoms with Crippen molar-refractivity contribution < 1.29 is 18.7 Å². The van der Waals surface area contributed by atoms with Gasteiger partial charge in [-0.1, -0.05) is 23.8 Å². The number of esters is 1. The fourth-order valence-corrected chi connectivity index (χ4v) is 3.45. The summed E-state index contributed by atoms with van der Waals surface area (Å²) in [5.74, 6) is -2.20. The molecule has 1 heterocycles. The maximum atomic E-state index is 13.3. The van der Waals surface area contributed by atoms with Crippen molar-refractivity contribution in [2.24, 2.45) is 5.92 Å². The number of rotatable bonds is 4. The smallest absolute Gasteiger partial charge is 0.345 e. The summed E-state index contributed by atoms with van der Waals surface area (Å²) in [4.78, 5) is 37.3. The Morgan fingerprint density at radius 1 is 1.30 bits per heavy atom. The molecule has 6 nitrogen and oxygen atoms in total. The molecule has 0 saturated heterocycles. The molecule has 27 heavy (non-hydrogen) atoms. The minimum atomic E-state index is -0.764. The zero-order chi connectivity index (χ0) is 19.6. The van der Waals surface area contributed by atoms with E-state index in [1.54, 1.807) is 19.1 Å². The molecule has 3 rings (SSSR count). The van der Waals surface area contributed by atoms with Gasteiger partial charge in [-0.2, -0.15) is 4.68 Å². The van der Waals surface area contributed by atoms with Crippen molar-refractivity contribution in [3.05, 3.63) is 69.4 Å². The second kappa shape index (κ2) is 7.73. The minimum absolute atomic E-state index is 0.136. The van der Waals surface area contributed by atoms with Crippen molar-refractivity contribution in [3.8, 4) is 0 Å². The average Bonchev–Trinajstić information content (AvgIpc) is 3.03. The molecule has 7 heteroatoms. The second-order valence-electron chi connectivity index (χ2n) is 6.64. The van der Waals surface area contributed by atoms with Crippen LogP contribution in [-0.2, 0) is 4.74 Å². The van der Waals surface area contributed by atoms with Gasteiger partial charge in [-0.05, 0) is 50.3 Å². The van der Waals surface area contributed by atoms with E-state index >= 15 is 0 Å². The van der Waals surface area contributed by atoms with Gasteiger partial charge in [0.2, 0.25) is 0 Å². The highest BCUT2D eigenvalue weighted by atomic mass is 19.1. The summed E-state index contributed by atoms with van der Waals surface area (Å²) in [5, 5.41) is 2.58. The molecule has 0 aliphatic heterocycles. The molecule has 2 aromatic rings. The van der Waals surface area contributed by atoms with E-state index in [4.69, 9.17) is 4.74 Å². The molecule has 2 atom stereocenters. The lowest BCUT2D eigenvalue weighted by Gasteiger charge is -2.29. The van der Waals surface area contributed by atoms with Gasteiger partial charge < -0.3 is 4.74 Å². The standard InChI is InChI=1S/C20H21FN2O4/c1-3-27-20(26)17-11-22-23(19(17)25)18(24)15-9-4-12(2)10-16(15)13-5-7-14(21)8-6-13/h4-8,11,15-16,22H,3,9-10H2,1-2H3. The molecule has 1 aliphatic carbocycles. The zero-order valence-corrected chi connectivity index (χ0v) is 15.2. The van der Waals surface area contributed by atoms with E-state index in [2.05, 4.69) is 5.10 Å². The predicted molar refractivity (Wildman–Crippen MR) is 97.3 cm³/mol. The Morgan fingerprint density at radius 2 is 2.00 bits per heavy atom. The van der Waals surface area contributed by atoms with Crippen LogP contribution in [-0.4, -0.2) is 28.3 Å². The molecule has 2 unspecified atom stereocenters. The third kappa shape index (κ3) is 3.77. The molecule has 142 valence electrons. The van der Waals surface area contributed by atoms with Crippen molar-refractivity contribution in [2.75, 3.05) is 6.61 Å². The van der Waals surface area contributed by atoms with E-state index in [0.717, 1.165) is 15.8 Å². The first kappa shape index (κ1) is 18.8. The SMILES string of the molecule is CCOC(=O)c1c[nH]n(C(=O)C2CC=C(C)CC2c2ccc(F)cc2)c1=O. The van der Waals surface area contributed by atoms with Crippen LogP contribution in [0.1, 0.15) is 53.3 Å². The molecule has 1 aromatic heterocycles. The molecule has 0 spiro atoms. The summed E-state index contributed by atoms with van der Waals surface area (Å²) in [6, 6.07) is 6.06. The van der Waals surface area contributed by atoms with Crippen molar-refractivity contribution in [1.82, 2.24) is 9.78 Å². The number of halogens is 1. The maximum Gasteiger partial charge on any atom is 0.345 e. The highest BCUT2D eigenvalue weighted by Gasteiger charge is 2.34. The number of hydrogen-bond donors (Lipinski definition) is 1. The van der Waals surface area contributed by atoms with Crippen molar-refractivity contribution >= 4 is 11.9 Å². The van der Waals surface area contributed by atoms with Crippen molar-refractivity contribution in [1.29, 1.82) is 0 Å². The summed E-state index contributed by atoms with van der Waals surface area (Å²) in [5.41, 5.74) is 1.06. The fraction of sp³-hybridized carbons (Fsp3) is 0.350. The average molecular weight is 372 g/mol. The number of hydrogen-bond acceptors (Lipinski definition) is 4. The van der Waals surface area contributed by atoms with Gasteiger partial charge in [-0.3, -0.25) is 14.7 Å². The molecular formula is C20H21FN2O4. The van der Waals surface area contributed by atoms with Gasteiger partial charge in [-0.25, -0.2) is 9.18 Å². The highest BCUT2D eigenvalue weighted by molar-refractivity contribution is 5.90. The van der Waals surface area contributed by atoms with Gasteiger partial charge >= 0.3 is 5.97 Å². The second-order valence-corrected chi connectivity index (χ2v) is 6.64. The number of carbonyl (C=O) groups is 2. The number of benzene rings is 1. The normalized spacial score (nSPS) is 19.4. The molecule has 1 aromatic carbocycles. The number of aromatic amines is 1. The molecule has 0 amide bonds. The van der Waals surface area contributed by atoms with E-state index in [-0.39, 0.29) is 23.9 Å². The van der Waals surface area contributed by atoms with Gasteiger partial charge in [0.15, 0.2) is 0 Å². The van der Waals surface area contributed by atoms with E-state index < -0.39 is 23.4 Å². The number of nitrogens with zero attached hydrogens (tertiary/aromatic N) is 1. The molecule has 1 N–H and O–H groups in total. The lowest BCUT2D eigenvalue weighted by Crippen LogP contribution is -2.36. The van der Waals surface area contributed by atoms with Crippen LogP contribution in [0.25, 0.3) is 0 Å². The Hall–Kier alpha value is -2.96. The largest absolute Gasteiger partial charge is 0.462 e. The van der Waals surface area contributed by atoms with Crippen LogP contribution in [0, 0.1) is 11.7 Å². The van der Waals surface area contributed by atoms with E-state index in [1.807, 2.05) is 13.0 Å². The van der Waals surface area contributed by atoms with Gasteiger partial charge in [0, 0.05) is 6.20 Å². The quantitative estimate of drug-likeness (QED) is 0.660.